The fourth-order valence-corrected chi connectivity index (χ4v) is 4.08. The SMILES string of the molecule is Cc1cc(Cl)ccc1C(C/C(=N\O)c1ccc(=O)n(C)c1)c1ccc(S(N)=O)cc1. The second-order valence-electron chi connectivity index (χ2n) is 7.04. The van der Waals surface area contributed by atoms with Crippen molar-refractivity contribution in [3.63, 3.8) is 0 Å². The van der Waals surface area contributed by atoms with Crippen molar-refractivity contribution in [3.8, 4) is 0 Å². The van der Waals surface area contributed by atoms with Crippen molar-refractivity contribution >= 4 is 28.3 Å². The number of aromatic nitrogens is 1. The molecule has 0 aliphatic heterocycles. The van der Waals surface area contributed by atoms with Crippen molar-refractivity contribution in [2.45, 2.75) is 24.2 Å². The van der Waals surface area contributed by atoms with E-state index in [1.54, 1.807) is 31.4 Å². The minimum absolute atomic E-state index is 0.147. The van der Waals surface area contributed by atoms with E-state index in [4.69, 9.17) is 16.7 Å². The summed E-state index contributed by atoms with van der Waals surface area (Å²) in [4.78, 5) is 12.3. The predicted molar refractivity (Wildman–Crippen MR) is 120 cm³/mol. The zero-order valence-electron chi connectivity index (χ0n) is 16.6. The van der Waals surface area contributed by atoms with Gasteiger partial charge in [0.25, 0.3) is 0 Å². The molecule has 2 unspecified atom stereocenters. The summed E-state index contributed by atoms with van der Waals surface area (Å²) in [5.41, 5.74) is 3.91. The molecule has 3 aromatic rings. The smallest absolute Gasteiger partial charge is 0.250 e. The largest absolute Gasteiger partial charge is 0.411 e. The summed E-state index contributed by atoms with van der Waals surface area (Å²) in [6.45, 7) is 1.97. The first-order valence-corrected chi connectivity index (χ1v) is 10.8. The second-order valence-corrected chi connectivity index (χ2v) is 8.54. The van der Waals surface area contributed by atoms with Crippen LogP contribution in [-0.2, 0) is 18.0 Å². The first-order chi connectivity index (χ1) is 14.3. The van der Waals surface area contributed by atoms with Gasteiger partial charge in [0.15, 0.2) is 0 Å². The van der Waals surface area contributed by atoms with Crippen LogP contribution in [0.4, 0.5) is 0 Å². The molecule has 156 valence electrons. The summed E-state index contributed by atoms with van der Waals surface area (Å²) in [5, 5.41) is 19.4. The van der Waals surface area contributed by atoms with Gasteiger partial charge in [-0.2, -0.15) is 0 Å². The first-order valence-electron chi connectivity index (χ1n) is 9.20. The van der Waals surface area contributed by atoms with Crippen molar-refractivity contribution in [1.29, 1.82) is 0 Å². The third kappa shape index (κ3) is 4.87. The van der Waals surface area contributed by atoms with Gasteiger partial charge < -0.3 is 9.77 Å². The fourth-order valence-electron chi connectivity index (χ4n) is 3.45. The van der Waals surface area contributed by atoms with E-state index in [9.17, 15) is 14.2 Å². The Morgan fingerprint density at radius 3 is 2.47 bits per heavy atom. The summed E-state index contributed by atoms with van der Waals surface area (Å²) in [6, 6.07) is 15.9. The van der Waals surface area contributed by atoms with Crippen LogP contribution in [-0.4, -0.2) is 19.7 Å². The Hall–Kier alpha value is -2.74. The monoisotopic (exact) mass is 443 g/mol. The van der Waals surface area contributed by atoms with Gasteiger partial charge in [-0.1, -0.05) is 35.0 Å². The average molecular weight is 444 g/mol. The van der Waals surface area contributed by atoms with E-state index in [0.29, 0.717) is 27.6 Å². The number of hydrogen-bond acceptors (Lipinski definition) is 4. The van der Waals surface area contributed by atoms with E-state index in [1.165, 1.54) is 10.6 Å². The number of benzene rings is 2. The lowest BCUT2D eigenvalue weighted by Gasteiger charge is -2.21. The van der Waals surface area contributed by atoms with Crippen molar-refractivity contribution in [1.82, 2.24) is 4.57 Å². The lowest BCUT2D eigenvalue weighted by molar-refractivity contribution is 0.317. The third-order valence-electron chi connectivity index (χ3n) is 5.06. The second kappa shape index (κ2) is 9.38. The number of oxime groups is 1. The molecule has 3 N–H and O–H groups in total. The molecule has 1 heterocycles. The Kier molecular flexibility index (Phi) is 6.87. The van der Waals surface area contributed by atoms with Crippen LogP contribution < -0.4 is 10.7 Å². The maximum absolute atomic E-state index is 11.7. The van der Waals surface area contributed by atoms with Gasteiger partial charge in [0.1, 0.15) is 11.0 Å². The van der Waals surface area contributed by atoms with Crippen LogP contribution in [0.15, 0.2) is 75.6 Å². The number of pyridine rings is 1. The van der Waals surface area contributed by atoms with Crippen LogP contribution in [0, 0.1) is 6.92 Å². The predicted octanol–water partition coefficient (Wildman–Crippen LogP) is 3.73. The molecular weight excluding hydrogens is 422 g/mol. The number of halogens is 1. The average Bonchev–Trinajstić information content (AvgIpc) is 2.72. The minimum atomic E-state index is -1.56. The summed E-state index contributed by atoms with van der Waals surface area (Å²) in [6.07, 6.45) is 2.02. The van der Waals surface area contributed by atoms with Crippen molar-refractivity contribution < 1.29 is 9.42 Å². The zero-order chi connectivity index (χ0) is 21.8. The molecular formula is C22H22ClN3O3S. The van der Waals surface area contributed by atoms with E-state index in [2.05, 4.69) is 5.16 Å². The number of nitrogens with two attached hydrogens (primary N) is 1. The summed E-state index contributed by atoms with van der Waals surface area (Å²) in [7, 11) is 0.0832. The molecule has 0 saturated heterocycles. The van der Waals surface area contributed by atoms with Gasteiger partial charge in [0, 0.05) is 42.2 Å². The van der Waals surface area contributed by atoms with Gasteiger partial charge in [0.2, 0.25) is 5.56 Å². The van der Waals surface area contributed by atoms with E-state index >= 15 is 0 Å². The van der Waals surface area contributed by atoms with E-state index in [0.717, 1.165) is 16.7 Å². The van der Waals surface area contributed by atoms with Crippen molar-refractivity contribution in [2.24, 2.45) is 17.3 Å². The van der Waals surface area contributed by atoms with Crippen LogP contribution >= 0.6 is 11.6 Å². The fraction of sp³-hybridized carbons (Fsp3) is 0.182. The van der Waals surface area contributed by atoms with Crippen LogP contribution in [0.2, 0.25) is 5.02 Å². The normalized spacial score (nSPS) is 13.8. The Morgan fingerprint density at radius 2 is 1.90 bits per heavy atom. The van der Waals surface area contributed by atoms with Crippen LogP contribution in [0.5, 0.6) is 0 Å². The maximum atomic E-state index is 11.7. The summed E-state index contributed by atoms with van der Waals surface area (Å²) in [5.74, 6) is -0.161. The van der Waals surface area contributed by atoms with Crippen LogP contribution in [0.25, 0.3) is 0 Å². The number of rotatable bonds is 6. The summed E-state index contributed by atoms with van der Waals surface area (Å²) >= 11 is 6.14. The molecule has 0 radical (unpaired) electrons. The van der Waals surface area contributed by atoms with E-state index in [-0.39, 0.29) is 11.5 Å². The van der Waals surface area contributed by atoms with Crippen LogP contribution in [0.3, 0.4) is 0 Å². The quantitative estimate of drug-likeness (QED) is 0.345. The molecule has 0 fully saturated rings. The molecule has 0 saturated carbocycles. The van der Waals surface area contributed by atoms with Gasteiger partial charge in [-0.05, 0) is 53.9 Å². The molecule has 30 heavy (non-hydrogen) atoms. The van der Waals surface area contributed by atoms with Crippen LogP contribution in [0.1, 0.15) is 34.6 Å². The standard InChI is InChI=1S/C22H22ClN3O3S/c1-14-11-17(23)6-9-19(14)20(15-3-7-18(8-4-15)30(24)29)12-21(25-28)16-5-10-22(27)26(2)13-16/h3-11,13,20,28H,12,24H2,1-2H3/b25-21+. The molecule has 3 rings (SSSR count). The zero-order valence-corrected chi connectivity index (χ0v) is 18.2. The molecule has 0 amide bonds. The van der Waals surface area contributed by atoms with Crippen molar-refractivity contribution in [2.75, 3.05) is 0 Å². The topological polar surface area (TPSA) is 97.7 Å². The summed E-state index contributed by atoms with van der Waals surface area (Å²) < 4.78 is 13.0. The maximum Gasteiger partial charge on any atom is 0.250 e. The molecule has 0 aliphatic carbocycles. The van der Waals surface area contributed by atoms with E-state index < -0.39 is 11.0 Å². The van der Waals surface area contributed by atoms with Gasteiger partial charge in [-0.3, -0.25) is 4.79 Å². The van der Waals surface area contributed by atoms with E-state index in [1.807, 2.05) is 37.3 Å². The Morgan fingerprint density at radius 1 is 1.20 bits per heavy atom. The third-order valence-corrected chi connectivity index (χ3v) is 6.03. The molecule has 8 heteroatoms. The van der Waals surface area contributed by atoms with Crippen molar-refractivity contribution in [3.05, 3.63) is 98.4 Å². The number of aryl methyl sites for hydroxylation is 2. The molecule has 0 spiro atoms. The Balaban J connectivity index is 2.07. The molecule has 2 aromatic carbocycles. The van der Waals surface area contributed by atoms with Gasteiger partial charge in [-0.15, -0.1) is 0 Å². The lowest BCUT2D eigenvalue weighted by Crippen LogP contribution is -2.18. The number of nitrogens with zero attached hydrogens (tertiary/aromatic N) is 2. The van der Waals surface area contributed by atoms with Gasteiger partial charge >= 0.3 is 0 Å². The first kappa shape index (κ1) is 22.0. The van der Waals surface area contributed by atoms with Gasteiger partial charge in [0.05, 0.1) is 10.6 Å². The molecule has 0 bridgehead atoms. The highest BCUT2D eigenvalue weighted by atomic mass is 35.5. The van der Waals surface area contributed by atoms with Gasteiger partial charge in [-0.25, -0.2) is 9.35 Å². The highest BCUT2D eigenvalue weighted by molar-refractivity contribution is 7.82. The lowest BCUT2D eigenvalue weighted by atomic mass is 9.83. The molecule has 1 aromatic heterocycles. The Labute approximate surface area is 182 Å². The highest BCUT2D eigenvalue weighted by Gasteiger charge is 2.21. The number of hydrogen-bond donors (Lipinski definition) is 2. The Bertz CT molecular complexity index is 1170. The molecule has 6 nitrogen and oxygen atoms in total. The highest BCUT2D eigenvalue weighted by Crippen LogP contribution is 2.33. The molecule has 2 atom stereocenters. The molecule has 0 aliphatic rings. The minimum Gasteiger partial charge on any atom is -0.411 e.